The highest BCUT2D eigenvalue weighted by molar-refractivity contribution is 5.94. The number of quaternary nitrogens is 1. The number of nitrogens with zero attached hydrogens (tertiary/aromatic N) is 2. The highest BCUT2D eigenvalue weighted by atomic mass is 19.1. The number of carbonyl (C=O) groups is 1. The number of methoxy groups -OCH3 is 1. The van der Waals surface area contributed by atoms with Crippen LogP contribution in [0.1, 0.15) is 61.5 Å². The van der Waals surface area contributed by atoms with E-state index in [0.29, 0.717) is 36.0 Å². The predicted molar refractivity (Wildman–Crippen MR) is 148 cm³/mol. The lowest BCUT2D eigenvalue weighted by Crippen LogP contribution is -2.55. The topological polar surface area (TPSA) is 80.0 Å². The Kier molecular flexibility index (Phi) is 8.83. The van der Waals surface area contributed by atoms with Gasteiger partial charge in [0.15, 0.2) is 36.4 Å². The maximum absolute atomic E-state index is 13.6. The Labute approximate surface area is 234 Å². The van der Waals surface area contributed by atoms with Crippen LogP contribution in [0.15, 0.2) is 52.6 Å². The van der Waals surface area contributed by atoms with Gasteiger partial charge < -0.3 is 28.0 Å². The number of rotatable bonds is 13. The molecule has 1 unspecified atom stereocenters. The van der Waals surface area contributed by atoms with Gasteiger partial charge in [0, 0.05) is 42.2 Å². The van der Waals surface area contributed by atoms with Crippen molar-refractivity contribution in [3.8, 4) is 11.5 Å². The van der Waals surface area contributed by atoms with Crippen molar-refractivity contribution >= 4 is 16.8 Å². The monoisotopic (exact) mass is 553 g/mol. The van der Waals surface area contributed by atoms with Crippen molar-refractivity contribution in [1.29, 1.82) is 0 Å². The van der Waals surface area contributed by atoms with Gasteiger partial charge in [0.2, 0.25) is 0 Å². The van der Waals surface area contributed by atoms with Crippen LogP contribution in [-0.2, 0) is 9.47 Å². The molecule has 1 aliphatic carbocycles. The van der Waals surface area contributed by atoms with Gasteiger partial charge in [-0.15, -0.1) is 0 Å². The largest absolute Gasteiger partial charge is 0.493 e. The Morgan fingerprint density at radius 3 is 2.67 bits per heavy atom. The summed E-state index contributed by atoms with van der Waals surface area (Å²) in [6.07, 6.45) is 5.92. The molecular weight excluding hydrogens is 515 g/mol. The van der Waals surface area contributed by atoms with Gasteiger partial charge in [0.05, 0.1) is 45.1 Å². The number of aromatic nitrogens is 1. The van der Waals surface area contributed by atoms with E-state index in [4.69, 9.17) is 23.5 Å². The fraction of sp³-hybridized carbons (Fsp3) is 0.484. The van der Waals surface area contributed by atoms with E-state index in [-0.39, 0.29) is 30.4 Å². The molecule has 3 aromatic rings. The smallest absolute Gasteiger partial charge is 0.185 e. The molecule has 0 saturated carbocycles. The van der Waals surface area contributed by atoms with Crippen LogP contribution in [0.2, 0.25) is 0 Å². The van der Waals surface area contributed by atoms with Gasteiger partial charge in [0.25, 0.3) is 0 Å². The van der Waals surface area contributed by atoms with Crippen molar-refractivity contribution in [3.05, 3.63) is 65.1 Å². The second kappa shape index (κ2) is 12.5. The molecule has 5 rings (SSSR count). The van der Waals surface area contributed by atoms with Crippen molar-refractivity contribution in [2.45, 2.75) is 51.6 Å². The van der Waals surface area contributed by atoms with Crippen LogP contribution in [0.3, 0.4) is 0 Å². The number of Topliss-reactive ketones (excluding diaryl/α,β-unsaturated/α-hetero) is 1. The van der Waals surface area contributed by atoms with Crippen molar-refractivity contribution in [1.82, 2.24) is 5.16 Å². The number of halogens is 1. The van der Waals surface area contributed by atoms with Crippen LogP contribution in [0.4, 0.5) is 4.39 Å². The minimum Gasteiger partial charge on any atom is -0.493 e. The molecular formula is C31H38FN2O6+. The van der Waals surface area contributed by atoms with E-state index >= 15 is 0 Å². The quantitative estimate of drug-likeness (QED) is 0.0843. The summed E-state index contributed by atoms with van der Waals surface area (Å²) in [5, 5.41) is 5.20. The van der Waals surface area contributed by atoms with E-state index in [1.54, 1.807) is 31.4 Å². The summed E-state index contributed by atoms with van der Waals surface area (Å²) in [6, 6.07) is 9.87. The highest BCUT2D eigenvalue weighted by Crippen LogP contribution is 2.36. The first-order valence-electron chi connectivity index (χ1n) is 13.9. The molecule has 0 radical (unpaired) electrons. The predicted octanol–water partition coefficient (Wildman–Crippen LogP) is 6.01. The van der Waals surface area contributed by atoms with Crippen LogP contribution in [0, 0.1) is 5.82 Å². The first-order valence-corrected chi connectivity index (χ1v) is 13.9. The second-order valence-corrected chi connectivity index (χ2v) is 11.0. The Balaban J connectivity index is 1.19. The molecule has 0 N–H and O–H groups in total. The van der Waals surface area contributed by atoms with Gasteiger partial charge in [-0.25, -0.2) is 4.39 Å². The van der Waals surface area contributed by atoms with E-state index in [0.717, 1.165) is 60.9 Å². The second-order valence-electron chi connectivity index (χ2n) is 11.0. The number of ketones is 1. The summed E-state index contributed by atoms with van der Waals surface area (Å²) in [6.45, 7) is 7.70. The maximum atomic E-state index is 13.6. The summed E-state index contributed by atoms with van der Waals surface area (Å²) in [5.41, 5.74) is 3.35. The standard InChI is InChI=1S/C31H38FN2O6/c1-21-15-26(16-21)39-20-37-19-34(11-4-14-38-28-8-5-24(22(2)35)17-30(28)36-3)12-9-23(10-13-34)31-27-7-6-25(32)18-29(27)40-33-31/h5-8,15,17-18,23,26H,4,9-14,16,19-20H2,1-3H3/q+1. The van der Waals surface area contributed by atoms with E-state index < -0.39 is 0 Å². The number of carbonyl (C=O) groups excluding carboxylic acids is 1. The highest BCUT2D eigenvalue weighted by Gasteiger charge is 2.36. The molecule has 0 spiro atoms. The van der Waals surface area contributed by atoms with Crippen molar-refractivity contribution in [2.75, 3.05) is 46.9 Å². The maximum Gasteiger partial charge on any atom is 0.185 e. The summed E-state index contributed by atoms with van der Waals surface area (Å²) >= 11 is 0. The van der Waals surface area contributed by atoms with Crippen LogP contribution in [0.25, 0.3) is 11.0 Å². The molecule has 1 fully saturated rings. The average molecular weight is 554 g/mol. The Hall–Kier alpha value is -3.27. The van der Waals surface area contributed by atoms with Gasteiger partial charge in [-0.2, -0.15) is 0 Å². The molecule has 2 heterocycles. The van der Waals surface area contributed by atoms with Crippen molar-refractivity contribution < 1.29 is 37.1 Å². The summed E-state index contributed by atoms with van der Waals surface area (Å²) in [7, 11) is 1.57. The number of ether oxygens (including phenoxy) is 4. The Morgan fingerprint density at radius 1 is 1.15 bits per heavy atom. The van der Waals surface area contributed by atoms with Crippen molar-refractivity contribution in [2.24, 2.45) is 0 Å². The molecule has 214 valence electrons. The van der Waals surface area contributed by atoms with Crippen LogP contribution < -0.4 is 9.47 Å². The first-order chi connectivity index (χ1) is 19.4. The van der Waals surface area contributed by atoms with Gasteiger partial charge >= 0.3 is 0 Å². The summed E-state index contributed by atoms with van der Waals surface area (Å²) in [4.78, 5) is 11.7. The normalized spacial score (nSPS) is 22.6. The first kappa shape index (κ1) is 28.3. The zero-order valence-corrected chi connectivity index (χ0v) is 23.5. The fourth-order valence-electron chi connectivity index (χ4n) is 5.69. The number of hydrogen-bond donors (Lipinski definition) is 0. The van der Waals surface area contributed by atoms with Gasteiger partial charge in [-0.05, 0) is 50.6 Å². The molecule has 1 atom stereocenters. The lowest BCUT2D eigenvalue weighted by Gasteiger charge is -2.43. The lowest BCUT2D eigenvalue weighted by molar-refractivity contribution is -0.951. The molecule has 1 aromatic heterocycles. The third-order valence-electron chi connectivity index (χ3n) is 8.08. The SMILES string of the molecule is COc1cc(C(C)=O)ccc1OCCC[N+]1(COCOC2C=C(C)C2)CCC(c2noc3cc(F)ccc23)CC1. The van der Waals surface area contributed by atoms with E-state index in [1.165, 1.54) is 24.6 Å². The average Bonchev–Trinajstić information content (AvgIpc) is 3.35. The molecule has 8 nitrogen and oxygen atoms in total. The van der Waals surface area contributed by atoms with Gasteiger partial charge in [0.1, 0.15) is 5.82 Å². The fourth-order valence-corrected chi connectivity index (χ4v) is 5.69. The van der Waals surface area contributed by atoms with E-state index in [9.17, 15) is 9.18 Å². The van der Waals surface area contributed by atoms with Gasteiger partial charge in [-0.1, -0.05) is 16.8 Å². The molecule has 1 aliphatic heterocycles. The molecule has 9 heteroatoms. The number of likely N-dealkylation sites (tertiary alicyclic amines) is 1. The molecule has 2 aromatic carbocycles. The molecule has 40 heavy (non-hydrogen) atoms. The van der Waals surface area contributed by atoms with Crippen LogP contribution >= 0.6 is 0 Å². The van der Waals surface area contributed by atoms with Crippen LogP contribution in [0.5, 0.6) is 11.5 Å². The van der Waals surface area contributed by atoms with E-state index in [2.05, 4.69) is 18.2 Å². The summed E-state index contributed by atoms with van der Waals surface area (Å²) in [5.74, 6) is 1.09. The minimum atomic E-state index is -0.323. The summed E-state index contributed by atoms with van der Waals surface area (Å²) < 4.78 is 43.3. The van der Waals surface area contributed by atoms with Crippen molar-refractivity contribution in [3.63, 3.8) is 0 Å². The third-order valence-corrected chi connectivity index (χ3v) is 8.08. The Bertz CT molecular complexity index is 1360. The number of piperidine rings is 1. The van der Waals surface area contributed by atoms with Gasteiger partial charge in [-0.3, -0.25) is 4.79 Å². The zero-order valence-electron chi connectivity index (χ0n) is 23.5. The number of benzene rings is 2. The zero-order chi connectivity index (χ0) is 28.1. The minimum absolute atomic E-state index is 0.0158. The third kappa shape index (κ3) is 6.54. The molecule has 2 aliphatic rings. The Morgan fingerprint density at radius 2 is 1.95 bits per heavy atom. The van der Waals surface area contributed by atoms with Crippen LogP contribution in [-0.4, -0.2) is 68.4 Å². The molecule has 1 saturated heterocycles. The molecule has 0 bridgehead atoms. The number of fused-ring (bicyclic) bond motifs is 1. The van der Waals surface area contributed by atoms with E-state index in [1.807, 2.05) is 0 Å². The molecule has 0 amide bonds. The number of hydrogen-bond acceptors (Lipinski definition) is 7. The lowest BCUT2D eigenvalue weighted by atomic mass is 9.90.